The summed E-state index contributed by atoms with van der Waals surface area (Å²) in [7, 11) is 1.62. The van der Waals surface area contributed by atoms with E-state index < -0.39 is 0 Å². The molecule has 0 heterocycles. The lowest BCUT2D eigenvalue weighted by atomic mass is 10.1. The van der Waals surface area contributed by atoms with Crippen molar-refractivity contribution in [2.45, 2.75) is 6.42 Å². The minimum absolute atomic E-state index is 0.203. The van der Waals surface area contributed by atoms with Crippen LogP contribution in [-0.2, 0) is 6.42 Å². The van der Waals surface area contributed by atoms with Crippen molar-refractivity contribution in [3.63, 3.8) is 0 Å². The Kier molecular flexibility index (Phi) is 6.80. The van der Waals surface area contributed by atoms with Crippen LogP contribution in [0.1, 0.15) is 31.8 Å². The Bertz CT molecular complexity index is 1070. The topological polar surface area (TPSA) is 91.2 Å². The number of nitrogens with one attached hydrogen (secondary N) is 2. The highest BCUT2D eigenvalue weighted by Crippen LogP contribution is 2.15. The van der Waals surface area contributed by atoms with Gasteiger partial charge in [-0.15, -0.1) is 0 Å². The van der Waals surface area contributed by atoms with Gasteiger partial charge in [0.05, 0.1) is 18.4 Å². The second kappa shape index (κ2) is 9.89. The van der Waals surface area contributed by atoms with Gasteiger partial charge in [0.1, 0.15) is 11.8 Å². The van der Waals surface area contributed by atoms with Crippen molar-refractivity contribution >= 4 is 17.5 Å². The first-order valence-electron chi connectivity index (χ1n) is 9.42. The zero-order valence-corrected chi connectivity index (χ0v) is 16.5. The van der Waals surface area contributed by atoms with E-state index in [2.05, 4.69) is 10.6 Å². The second-order valence-electron chi connectivity index (χ2n) is 6.54. The normalized spacial score (nSPS) is 10.0. The molecule has 0 spiro atoms. The lowest BCUT2D eigenvalue weighted by Crippen LogP contribution is -2.25. The molecule has 0 unspecified atom stereocenters. The summed E-state index contributed by atoms with van der Waals surface area (Å²) >= 11 is 0. The molecular weight excluding hydrogens is 378 g/mol. The van der Waals surface area contributed by atoms with Crippen molar-refractivity contribution in [3.8, 4) is 11.8 Å². The molecule has 2 amide bonds. The number of nitriles is 1. The number of rotatable bonds is 7. The summed E-state index contributed by atoms with van der Waals surface area (Å²) in [5.74, 6) is 0.248. The van der Waals surface area contributed by atoms with E-state index >= 15 is 0 Å². The summed E-state index contributed by atoms with van der Waals surface area (Å²) in [6.45, 7) is 0.498. The van der Waals surface area contributed by atoms with Crippen LogP contribution in [0.25, 0.3) is 0 Å². The Morgan fingerprint density at radius 1 is 0.900 bits per heavy atom. The molecule has 0 aromatic heterocycles. The van der Waals surface area contributed by atoms with E-state index in [-0.39, 0.29) is 11.8 Å². The summed E-state index contributed by atoms with van der Waals surface area (Å²) in [6.07, 6.45) is 0.703. The summed E-state index contributed by atoms with van der Waals surface area (Å²) in [6, 6.07) is 22.9. The molecular formula is C24H21N3O3. The number of para-hydroxylation sites is 1. The highest BCUT2D eigenvalue weighted by atomic mass is 16.5. The molecule has 0 saturated carbocycles. The molecule has 0 aliphatic heterocycles. The van der Waals surface area contributed by atoms with Crippen LogP contribution < -0.4 is 15.4 Å². The average molecular weight is 399 g/mol. The standard InChI is InChI=1S/C24H21N3O3/c1-30-21-12-6-17(7-13-21)14-15-26-23(28)18-8-10-19(11-9-18)24(29)27-22-5-3-2-4-20(22)16-25/h2-13H,14-15H2,1H3,(H,26,28)(H,27,29). The van der Waals surface area contributed by atoms with Crippen LogP contribution in [0.4, 0.5) is 5.69 Å². The quantitative estimate of drug-likeness (QED) is 0.632. The molecule has 3 rings (SSSR count). The van der Waals surface area contributed by atoms with Crippen molar-refractivity contribution in [2.75, 3.05) is 19.0 Å². The maximum absolute atomic E-state index is 12.4. The van der Waals surface area contributed by atoms with Gasteiger partial charge in [-0.05, 0) is 60.5 Å². The molecule has 0 fully saturated rings. The number of hydrogen-bond donors (Lipinski definition) is 2. The van der Waals surface area contributed by atoms with E-state index in [0.717, 1.165) is 11.3 Å². The van der Waals surface area contributed by atoms with Crippen LogP contribution >= 0.6 is 0 Å². The maximum Gasteiger partial charge on any atom is 0.255 e. The van der Waals surface area contributed by atoms with E-state index in [9.17, 15) is 9.59 Å². The molecule has 3 aromatic rings. The molecule has 2 N–H and O–H groups in total. The van der Waals surface area contributed by atoms with Crippen molar-refractivity contribution in [3.05, 3.63) is 95.1 Å². The fourth-order valence-electron chi connectivity index (χ4n) is 2.87. The largest absolute Gasteiger partial charge is 0.497 e. The maximum atomic E-state index is 12.4. The number of amides is 2. The Morgan fingerprint density at radius 2 is 1.53 bits per heavy atom. The van der Waals surface area contributed by atoms with Gasteiger partial charge in [0.2, 0.25) is 0 Å². The minimum atomic E-state index is -0.343. The zero-order chi connectivity index (χ0) is 21.3. The van der Waals surface area contributed by atoms with Gasteiger partial charge < -0.3 is 15.4 Å². The first kappa shape index (κ1) is 20.6. The molecule has 0 atom stereocenters. The molecule has 0 saturated heterocycles. The predicted molar refractivity (Wildman–Crippen MR) is 115 cm³/mol. The molecule has 150 valence electrons. The molecule has 0 aliphatic carbocycles. The number of carbonyl (C=O) groups is 2. The number of anilines is 1. The number of ether oxygens (including phenoxy) is 1. The fraction of sp³-hybridized carbons (Fsp3) is 0.125. The summed E-state index contributed by atoms with van der Waals surface area (Å²) in [5.41, 5.74) is 2.81. The smallest absolute Gasteiger partial charge is 0.255 e. The highest BCUT2D eigenvalue weighted by molar-refractivity contribution is 6.05. The number of hydrogen-bond acceptors (Lipinski definition) is 4. The van der Waals surface area contributed by atoms with Crippen molar-refractivity contribution < 1.29 is 14.3 Å². The predicted octanol–water partition coefficient (Wildman–Crippen LogP) is 3.79. The van der Waals surface area contributed by atoms with Crippen molar-refractivity contribution in [2.24, 2.45) is 0 Å². The van der Waals surface area contributed by atoms with Crippen LogP contribution in [-0.4, -0.2) is 25.5 Å². The summed E-state index contributed by atoms with van der Waals surface area (Å²) < 4.78 is 5.13. The molecule has 6 heteroatoms. The van der Waals surface area contributed by atoms with Gasteiger partial charge >= 0.3 is 0 Å². The van der Waals surface area contributed by atoms with E-state index in [1.165, 1.54) is 0 Å². The SMILES string of the molecule is COc1ccc(CCNC(=O)c2ccc(C(=O)Nc3ccccc3C#N)cc2)cc1. The van der Waals surface area contributed by atoms with Gasteiger partial charge in [-0.2, -0.15) is 5.26 Å². The van der Waals surface area contributed by atoms with Gasteiger partial charge in [0.15, 0.2) is 0 Å². The van der Waals surface area contributed by atoms with Gasteiger partial charge in [-0.3, -0.25) is 9.59 Å². The number of nitrogens with zero attached hydrogens (tertiary/aromatic N) is 1. The van der Waals surface area contributed by atoms with Gasteiger partial charge in [-0.25, -0.2) is 0 Å². The monoisotopic (exact) mass is 399 g/mol. The van der Waals surface area contributed by atoms with Gasteiger partial charge in [-0.1, -0.05) is 24.3 Å². The van der Waals surface area contributed by atoms with Crippen LogP contribution in [0.15, 0.2) is 72.8 Å². The fourth-order valence-corrected chi connectivity index (χ4v) is 2.87. The third kappa shape index (κ3) is 5.24. The van der Waals surface area contributed by atoms with E-state index in [1.54, 1.807) is 55.6 Å². The van der Waals surface area contributed by atoms with Gasteiger partial charge in [0.25, 0.3) is 11.8 Å². The highest BCUT2D eigenvalue weighted by Gasteiger charge is 2.11. The molecule has 30 heavy (non-hydrogen) atoms. The van der Waals surface area contributed by atoms with Crippen molar-refractivity contribution in [1.29, 1.82) is 5.26 Å². The summed E-state index contributed by atoms with van der Waals surface area (Å²) in [5, 5.41) is 14.7. The van der Waals surface area contributed by atoms with Gasteiger partial charge in [0, 0.05) is 17.7 Å². The van der Waals surface area contributed by atoms with E-state index in [0.29, 0.717) is 35.3 Å². The Labute approximate surface area is 175 Å². The minimum Gasteiger partial charge on any atom is -0.497 e. The zero-order valence-electron chi connectivity index (χ0n) is 16.5. The van der Waals surface area contributed by atoms with E-state index in [4.69, 9.17) is 10.00 Å². The molecule has 3 aromatic carbocycles. The Balaban J connectivity index is 1.54. The first-order valence-corrected chi connectivity index (χ1v) is 9.42. The lowest BCUT2D eigenvalue weighted by Gasteiger charge is -2.08. The van der Waals surface area contributed by atoms with Crippen LogP contribution in [0.2, 0.25) is 0 Å². The second-order valence-corrected chi connectivity index (χ2v) is 6.54. The molecule has 6 nitrogen and oxygen atoms in total. The third-order valence-electron chi connectivity index (χ3n) is 4.56. The number of methoxy groups -OCH3 is 1. The first-order chi connectivity index (χ1) is 14.6. The molecule has 0 bridgehead atoms. The van der Waals surface area contributed by atoms with Crippen LogP contribution in [0, 0.1) is 11.3 Å². The summed E-state index contributed by atoms with van der Waals surface area (Å²) in [4.78, 5) is 24.7. The average Bonchev–Trinajstić information content (AvgIpc) is 2.80. The number of carbonyl (C=O) groups excluding carboxylic acids is 2. The lowest BCUT2D eigenvalue weighted by molar-refractivity contribution is 0.0952. The molecule has 0 aliphatic rings. The van der Waals surface area contributed by atoms with Crippen LogP contribution in [0.3, 0.4) is 0 Å². The van der Waals surface area contributed by atoms with E-state index in [1.807, 2.05) is 30.3 Å². The molecule has 0 radical (unpaired) electrons. The number of benzene rings is 3. The Hall–Kier alpha value is -4.11. The Morgan fingerprint density at radius 3 is 2.17 bits per heavy atom. The third-order valence-corrected chi connectivity index (χ3v) is 4.56. The van der Waals surface area contributed by atoms with Crippen LogP contribution in [0.5, 0.6) is 5.75 Å². The van der Waals surface area contributed by atoms with Crippen molar-refractivity contribution in [1.82, 2.24) is 5.32 Å².